The van der Waals surface area contributed by atoms with Gasteiger partial charge in [0.25, 0.3) is 0 Å². The van der Waals surface area contributed by atoms with Crippen LogP contribution < -0.4 is 5.73 Å². The van der Waals surface area contributed by atoms with Gasteiger partial charge in [0.05, 0.1) is 12.2 Å². The molecule has 1 aromatic heterocycles. The van der Waals surface area contributed by atoms with Gasteiger partial charge in [0, 0.05) is 35.9 Å². The minimum absolute atomic E-state index is 0.187. The van der Waals surface area contributed by atoms with E-state index in [0.717, 1.165) is 11.0 Å². The number of nitrogens with zero attached hydrogens (tertiary/aromatic N) is 3. The van der Waals surface area contributed by atoms with Crippen LogP contribution in [0.4, 0.5) is 0 Å². The third kappa shape index (κ3) is 3.29. The fourth-order valence-electron chi connectivity index (χ4n) is 2.38. The second kappa shape index (κ2) is 6.52. The fraction of sp³-hybridized carbons (Fsp3) is 0.400. The van der Waals surface area contributed by atoms with Crippen LogP contribution in [0.2, 0.25) is 0 Å². The van der Waals surface area contributed by atoms with Crippen LogP contribution >= 0.6 is 15.9 Å². The van der Waals surface area contributed by atoms with E-state index in [0.29, 0.717) is 6.54 Å². The molecule has 0 aliphatic rings. The molecule has 0 fully saturated rings. The van der Waals surface area contributed by atoms with Crippen molar-refractivity contribution in [3.8, 4) is 0 Å². The Kier molecular flexibility index (Phi) is 4.96. The number of aryl methyl sites for hydroxylation is 1. The minimum Gasteiger partial charge on any atom is -0.329 e. The third-order valence-corrected chi connectivity index (χ3v) is 4.26. The number of hydrogen-bond donors (Lipinski definition) is 1. The lowest BCUT2D eigenvalue weighted by atomic mass is 10.1. The summed E-state index contributed by atoms with van der Waals surface area (Å²) >= 11 is 3.46. The molecular formula is C15H21BrN4. The van der Waals surface area contributed by atoms with Gasteiger partial charge in [0.1, 0.15) is 0 Å². The highest BCUT2D eigenvalue weighted by Gasteiger charge is 2.19. The highest BCUT2D eigenvalue weighted by atomic mass is 79.9. The Bertz CT molecular complexity index is 562. The molecule has 2 aromatic rings. The fourth-order valence-corrected chi connectivity index (χ4v) is 2.64. The molecule has 2 N–H and O–H groups in total. The van der Waals surface area contributed by atoms with Crippen molar-refractivity contribution in [1.29, 1.82) is 0 Å². The number of halogens is 1. The van der Waals surface area contributed by atoms with E-state index in [2.05, 4.69) is 64.2 Å². The first-order valence-electron chi connectivity index (χ1n) is 6.66. The first-order chi connectivity index (χ1) is 9.52. The molecule has 0 aliphatic heterocycles. The summed E-state index contributed by atoms with van der Waals surface area (Å²) in [6.45, 7) is 3.53. The molecule has 108 valence electrons. The zero-order valence-electron chi connectivity index (χ0n) is 12.2. The largest absolute Gasteiger partial charge is 0.329 e. The third-order valence-electron chi connectivity index (χ3n) is 3.73. The van der Waals surface area contributed by atoms with Crippen LogP contribution in [0.5, 0.6) is 0 Å². The number of benzene rings is 1. The number of nitrogens with two attached hydrogens (primary N) is 1. The van der Waals surface area contributed by atoms with Crippen molar-refractivity contribution in [1.82, 2.24) is 14.7 Å². The normalized spacial score (nSPS) is 12.9. The first kappa shape index (κ1) is 15.2. The molecule has 0 saturated heterocycles. The maximum atomic E-state index is 5.98. The quantitative estimate of drug-likeness (QED) is 0.912. The number of hydrogen-bond acceptors (Lipinski definition) is 3. The van der Waals surface area contributed by atoms with Crippen LogP contribution in [0, 0.1) is 6.92 Å². The van der Waals surface area contributed by atoms with Crippen molar-refractivity contribution < 1.29 is 0 Å². The predicted molar refractivity (Wildman–Crippen MR) is 85.3 cm³/mol. The van der Waals surface area contributed by atoms with Gasteiger partial charge in [-0.2, -0.15) is 5.10 Å². The molecule has 5 heteroatoms. The highest BCUT2D eigenvalue weighted by molar-refractivity contribution is 9.10. The van der Waals surface area contributed by atoms with Gasteiger partial charge < -0.3 is 5.73 Å². The number of likely N-dealkylation sites (N-methyl/N-ethyl adjacent to an activating group) is 1. The van der Waals surface area contributed by atoms with Crippen LogP contribution in [0.25, 0.3) is 0 Å². The predicted octanol–water partition coefficient (Wildman–Crippen LogP) is 2.62. The lowest BCUT2D eigenvalue weighted by Gasteiger charge is -2.27. The van der Waals surface area contributed by atoms with Gasteiger partial charge in [0.15, 0.2) is 0 Å². The van der Waals surface area contributed by atoms with Crippen molar-refractivity contribution in [2.24, 2.45) is 12.8 Å². The standard InChI is InChI=1S/C15H21BrN4/c1-11-14(9-18-20(11)3)15(8-17)19(2)10-12-4-6-13(16)7-5-12/h4-7,9,15H,8,10,17H2,1-3H3. The van der Waals surface area contributed by atoms with E-state index in [1.807, 2.05) is 17.9 Å². The Morgan fingerprint density at radius 2 is 2.00 bits per heavy atom. The number of aromatic nitrogens is 2. The van der Waals surface area contributed by atoms with Crippen LogP contribution in [-0.4, -0.2) is 28.3 Å². The molecule has 1 heterocycles. The molecule has 1 unspecified atom stereocenters. The molecular weight excluding hydrogens is 316 g/mol. The SMILES string of the molecule is Cc1c(C(CN)N(C)Cc2ccc(Br)cc2)cnn1C. The smallest absolute Gasteiger partial charge is 0.0540 e. The average molecular weight is 337 g/mol. The minimum atomic E-state index is 0.187. The molecule has 1 aromatic carbocycles. The zero-order valence-corrected chi connectivity index (χ0v) is 13.8. The Labute approximate surface area is 128 Å². The highest BCUT2D eigenvalue weighted by Crippen LogP contribution is 2.23. The second-order valence-electron chi connectivity index (χ2n) is 5.10. The van der Waals surface area contributed by atoms with E-state index in [1.165, 1.54) is 16.8 Å². The summed E-state index contributed by atoms with van der Waals surface area (Å²) in [4.78, 5) is 2.27. The lowest BCUT2D eigenvalue weighted by Crippen LogP contribution is -2.30. The van der Waals surface area contributed by atoms with Crippen LogP contribution in [-0.2, 0) is 13.6 Å². The van der Waals surface area contributed by atoms with Crippen LogP contribution in [0.15, 0.2) is 34.9 Å². The van der Waals surface area contributed by atoms with Crippen molar-refractivity contribution in [3.63, 3.8) is 0 Å². The lowest BCUT2D eigenvalue weighted by molar-refractivity contribution is 0.241. The van der Waals surface area contributed by atoms with Crippen molar-refractivity contribution in [3.05, 3.63) is 51.8 Å². The van der Waals surface area contributed by atoms with E-state index < -0.39 is 0 Å². The molecule has 0 amide bonds. The summed E-state index contributed by atoms with van der Waals surface area (Å²) in [6, 6.07) is 8.58. The van der Waals surface area contributed by atoms with E-state index in [4.69, 9.17) is 5.73 Å². The monoisotopic (exact) mass is 336 g/mol. The van der Waals surface area contributed by atoms with Crippen molar-refractivity contribution >= 4 is 15.9 Å². The average Bonchev–Trinajstić information content (AvgIpc) is 2.75. The first-order valence-corrected chi connectivity index (χ1v) is 7.45. The molecule has 0 aliphatic carbocycles. The van der Waals surface area contributed by atoms with Crippen molar-refractivity contribution in [2.75, 3.05) is 13.6 Å². The van der Waals surface area contributed by atoms with Gasteiger partial charge in [-0.25, -0.2) is 0 Å². The van der Waals surface area contributed by atoms with E-state index in [9.17, 15) is 0 Å². The van der Waals surface area contributed by atoms with Gasteiger partial charge in [-0.3, -0.25) is 9.58 Å². The van der Waals surface area contributed by atoms with Gasteiger partial charge >= 0.3 is 0 Å². The maximum Gasteiger partial charge on any atom is 0.0540 e. The Balaban J connectivity index is 2.15. The summed E-state index contributed by atoms with van der Waals surface area (Å²) in [5.74, 6) is 0. The van der Waals surface area contributed by atoms with Gasteiger partial charge in [-0.15, -0.1) is 0 Å². The summed E-state index contributed by atoms with van der Waals surface area (Å²) in [7, 11) is 4.06. The Morgan fingerprint density at radius 3 is 2.50 bits per heavy atom. The molecule has 0 spiro atoms. The number of rotatable bonds is 5. The zero-order chi connectivity index (χ0) is 14.7. The van der Waals surface area contributed by atoms with E-state index >= 15 is 0 Å². The molecule has 0 saturated carbocycles. The maximum absolute atomic E-state index is 5.98. The second-order valence-corrected chi connectivity index (χ2v) is 6.02. The molecule has 0 radical (unpaired) electrons. The van der Waals surface area contributed by atoms with Gasteiger partial charge in [-0.05, 0) is 31.7 Å². The molecule has 4 nitrogen and oxygen atoms in total. The summed E-state index contributed by atoms with van der Waals surface area (Å²) < 4.78 is 2.99. The van der Waals surface area contributed by atoms with Gasteiger partial charge in [0.2, 0.25) is 0 Å². The molecule has 1 atom stereocenters. The van der Waals surface area contributed by atoms with Crippen LogP contribution in [0.3, 0.4) is 0 Å². The Morgan fingerprint density at radius 1 is 1.35 bits per heavy atom. The summed E-state index contributed by atoms with van der Waals surface area (Å²) in [5.41, 5.74) is 9.62. The molecule has 20 heavy (non-hydrogen) atoms. The van der Waals surface area contributed by atoms with Gasteiger partial charge in [-0.1, -0.05) is 28.1 Å². The molecule has 0 bridgehead atoms. The van der Waals surface area contributed by atoms with Crippen LogP contribution in [0.1, 0.15) is 22.9 Å². The molecule has 2 rings (SSSR count). The van der Waals surface area contributed by atoms with E-state index in [1.54, 1.807) is 0 Å². The topological polar surface area (TPSA) is 47.1 Å². The van der Waals surface area contributed by atoms with Crippen molar-refractivity contribution in [2.45, 2.75) is 19.5 Å². The Hall–Kier alpha value is -1.17. The summed E-state index contributed by atoms with van der Waals surface area (Å²) in [6.07, 6.45) is 1.92. The summed E-state index contributed by atoms with van der Waals surface area (Å²) in [5, 5.41) is 4.31. The van der Waals surface area contributed by atoms with E-state index in [-0.39, 0.29) is 6.04 Å².